The molecule has 1 aromatic rings. The number of hydrogen-bond donors (Lipinski definition) is 2. The Balaban J connectivity index is 2.12. The Morgan fingerprint density at radius 3 is 3.00 bits per heavy atom. The van der Waals surface area contributed by atoms with Gasteiger partial charge in [0.2, 0.25) is 0 Å². The van der Waals surface area contributed by atoms with Crippen molar-refractivity contribution in [3.05, 3.63) is 24.0 Å². The number of piperazine rings is 1. The van der Waals surface area contributed by atoms with Gasteiger partial charge in [0.1, 0.15) is 11.4 Å². The normalized spacial score (nSPS) is 22.7. The molecule has 2 atom stereocenters. The predicted molar refractivity (Wildman–Crippen MR) is 79.4 cm³/mol. The molecule has 2 unspecified atom stereocenters. The van der Waals surface area contributed by atoms with E-state index in [0.29, 0.717) is 6.04 Å². The number of pyridine rings is 1. The van der Waals surface area contributed by atoms with Crippen LogP contribution in [0.15, 0.2) is 18.3 Å². The second-order valence-corrected chi connectivity index (χ2v) is 5.44. The van der Waals surface area contributed by atoms with E-state index in [-0.39, 0.29) is 6.04 Å². The molecule has 1 fully saturated rings. The molecule has 0 spiro atoms. The molecule has 1 saturated heterocycles. The Hall–Kier alpha value is -1.21. The summed E-state index contributed by atoms with van der Waals surface area (Å²) in [6.07, 6.45) is 2.68. The molecular formula is C14H25N5O. The highest BCUT2D eigenvalue weighted by atomic mass is 16.5. The molecule has 1 aliphatic heterocycles. The zero-order chi connectivity index (χ0) is 14.5. The molecule has 1 aliphatic rings. The lowest BCUT2D eigenvalue weighted by Gasteiger charge is -2.39. The number of likely N-dealkylation sites (N-methyl/N-ethyl adjacent to an activating group) is 2. The first-order valence-electron chi connectivity index (χ1n) is 6.99. The van der Waals surface area contributed by atoms with Crippen LogP contribution in [0.4, 0.5) is 0 Å². The number of aromatic nitrogens is 1. The van der Waals surface area contributed by atoms with Gasteiger partial charge in [-0.1, -0.05) is 0 Å². The molecule has 6 heteroatoms. The minimum Gasteiger partial charge on any atom is -0.495 e. The lowest BCUT2D eigenvalue weighted by atomic mass is 10.0. The van der Waals surface area contributed by atoms with Crippen LogP contribution in [0.5, 0.6) is 5.75 Å². The Kier molecular flexibility index (Phi) is 5.31. The summed E-state index contributed by atoms with van der Waals surface area (Å²) in [6, 6.07) is 4.24. The summed E-state index contributed by atoms with van der Waals surface area (Å²) >= 11 is 0. The number of methoxy groups -OCH3 is 1. The van der Waals surface area contributed by atoms with E-state index < -0.39 is 0 Å². The van der Waals surface area contributed by atoms with Crippen molar-refractivity contribution in [2.24, 2.45) is 5.84 Å². The van der Waals surface area contributed by atoms with Gasteiger partial charge in [-0.25, -0.2) is 0 Å². The Labute approximate surface area is 120 Å². The summed E-state index contributed by atoms with van der Waals surface area (Å²) in [5.74, 6) is 6.53. The minimum atomic E-state index is -0.00917. The summed E-state index contributed by atoms with van der Waals surface area (Å²) in [5.41, 5.74) is 3.76. The first-order chi connectivity index (χ1) is 9.65. The van der Waals surface area contributed by atoms with Crippen LogP contribution in [-0.4, -0.2) is 61.7 Å². The molecule has 2 heterocycles. The van der Waals surface area contributed by atoms with E-state index in [1.165, 1.54) is 0 Å². The maximum Gasteiger partial charge on any atom is 0.142 e. The fourth-order valence-corrected chi connectivity index (χ4v) is 2.72. The zero-order valence-electron chi connectivity index (χ0n) is 12.5. The SMILES string of the molecule is COc1cccnc1C(CC1CN(C)CCN1C)NN. The van der Waals surface area contributed by atoms with Crippen molar-refractivity contribution in [1.82, 2.24) is 20.2 Å². The van der Waals surface area contributed by atoms with Crippen molar-refractivity contribution in [3.63, 3.8) is 0 Å². The Morgan fingerprint density at radius 1 is 1.50 bits per heavy atom. The van der Waals surface area contributed by atoms with Crippen LogP contribution in [0.3, 0.4) is 0 Å². The van der Waals surface area contributed by atoms with Gasteiger partial charge in [-0.05, 0) is 32.6 Å². The maximum atomic E-state index is 5.75. The predicted octanol–water partition coefficient (Wildman–Crippen LogP) is 0.231. The first-order valence-corrected chi connectivity index (χ1v) is 6.99. The third kappa shape index (κ3) is 3.46. The second kappa shape index (κ2) is 6.99. The van der Waals surface area contributed by atoms with Crippen molar-refractivity contribution in [3.8, 4) is 5.75 Å². The van der Waals surface area contributed by atoms with Crippen molar-refractivity contribution in [2.75, 3.05) is 40.8 Å². The van der Waals surface area contributed by atoms with Crippen molar-refractivity contribution in [1.29, 1.82) is 0 Å². The van der Waals surface area contributed by atoms with Crippen LogP contribution in [-0.2, 0) is 0 Å². The number of nitrogens with two attached hydrogens (primary N) is 1. The van der Waals surface area contributed by atoms with Crippen LogP contribution in [0.1, 0.15) is 18.2 Å². The molecule has 0 aromatic carbocycles. The molecule has 2 rings (SSSR count). The van der Waals surface area contributed by atoms with Gasteiger partial charge in [-0.2, -0.15) is 0 Å². The van der Waals surface area contributed by atoms with Crippen LogP contribution in [0.2, 0.25) is 0 Å². The lowest BCUT2D eigenvalue weighted by Crippen LogP contribution is -2.51. The van der Waals surface area contributed by atoms with Crippen LogP contribution >= 0.6 is 0 Å². The molecule has 20 heavy (non-hydrogen) atoms. The molecule has 0 aliphatic carbocycles. The molecule has 0 bridgehead atoms. The summed E-state index contributed by atoms with van der Waals surface area (Å²) in [4.78, 5) is 9.17. The third-order valence-corrected chi connectivity index (χ3v) is 4.04. The number of hydrazine groups is 1. The zero-order valence-corrected chi connectivity index (χ0v) is 12.5. The van der Waals surface area contributed by atoms with Gasteiger partial charge in [0.05, 0.1) is 13.2 Å². The number of rotatable bonds is 5. The monoisotopic (exact) mass is 279 g/mol. The number of ether oxygens (including phenoxy) is 1. The van der Waals surface area contributed by atoms with Crippen LogP contribution < -0.4 is 16.0 Å². The summed E-state index contributed by atoms with van der Waals surface area (Å²) in [5, 5.41) is 0. The fourth-order valence-electron chi connectivity index (χ4n) is 2.72. The van der Waals surface area contributed by atoms with E-state index in [1.807, 2.05) is 12.1 Å². The molecule has 6 nitrogen and oxygen atoms in total. The average Bonchev–Trinajstić information content (AvgIpc) is 2.48. The molecule has 3 N–H and O–H groups in total. The molecule has 0 saturated carbocycles. The van der Waals surface area contributed by atoms with E-state index >= 15 is 0 Å². The highest BCUT2D eigenvalue weighted by Gasteiger charge is 2.27. The smallest absolute Gasteiger partial charge is 0.142 e. The molecule has 0 radical (unpaired) electrons. The molecular weight excluding hydrogens is 254 g/mol. The van der Waals surface area contributed by atoms with Crippen molar-refractivity contribution >= 4 is 0 Å². The summed E-state index contributed by atoms with van der Waals surface area (Å²) in [7, 11) is 5.99. The summed E-state index contributed by atoms with van der Waals surface area (Å²) in [6.45, 7) is 3.24. The topological polar surface area (TPSA) is 66.7 Å². The first kappa shape index (κ1) is 15.2. The van der Waals surface area contributed by atoms with Gasteiger partial charge in [-0.15, -0.1) is 0 Å². The van der Waals surface area contributed by atoms with E-state index in [0.717, 1.165) is 37.5 Å². The van der Waals surface area contributed by atoms with Gasteiger partial charge in [0, 0.05) is 31.9 Å². The minimum absolute atomic E-state index is 0.00917. The largest absolute Gasteiger partial charge is 0.495 e. The fraction of sp³-hybridized carbons (Fsp3) is 0.643. The van der Waals surface area contributed by atoms with Gasteiger partial charge in [0.15, 0.2) is 0 Å². The number of nitrogens with one attached hydrogen (secondary N) is 1. The Bertz CT molecular complexity index is 428. The van der Waals surface area contributed by atoms with Gasteiger partial charge >= 0.3 is 0 Å². The van der Waals surface area contributed by atoms with E-state index in [1.54, 1.807) is 13.3 Å². The van der Waals surface area contributed by atoms with E-state index in [9.17, 15) is 0 Å². The third-order valence-electron chi connectivity index (χ3n) is 4.04. The van der Waals surface area contributed by atoms with E-state index in [4.69, 9.17) is 10.6 Å². The quantitative estimate of drug-likeness (QED) is 0.594. The number of nitrogens with zero attached hydrogens (tertiary/aromatic N) is 3. The number of hydrogen-bond acceptors (Lipinski definition) is 6. The standard InChI is InChI=1S/C14H25N5O/c1-18-7-8-19(2)11(10-18)9-12(17-15)14-13(20-3)5-4-6-16-14/h4-6,11-12,17H,7-10,15H2,1-3H3. The summed E-state index contributed by atoms with van der Waals surface area (Å²) < 4.78 is 5.38. The molecule has 112 valence electrons. The highest BCUT2D eigenvalue weighted by Crippen LogP contribution is 2.27. The molecule has 0 amide bonds. The van der Waals surface area contributed by atoms with Gasteiger partial charge in [0.25, 0.3) is 0 Å². The lowest BCUT2D eigenvalue weighted by molar-refractivity contribution is 0.100. The van der Waals surface area contributed by atoms with Crippen LogP contribution in [0, 0.1) is 0 Å². The van der Waals surface area contributed by atoms with Crippen molar-refractivity contribution in [2.45, 2.75) is 18.5 Å². The van der Waals surface area contributed by atoms with Crippen molar-refractivity contribution < 1.29 is 4.74 Å². The van der Waals surface area contributed by atoms with Gasteiger partial charge < -0.3 is 14.5 Å². The Morgan fingerprint density at radius 2 is 2.30 bits per heavy atom. The molecule has 1 aromatic heterocycles. The highest BCUT2D eigenvalue weighted by molar-refractivity contribution is 5.29. The van der Waals surface area contributed by atoms with Crippen LogP contribution in [0.25, 0.3) is 0 Å². The van der Waals surface area contributed by atoms with Gasteiger partial charge in [-0.3, -0.25) is 16.3 Å². The second-order valence-electron chi connectivity index (χ2n) is 5.44. The van der Waals surface area contributed by atoms with E-state index in [2.05, 4.69) is 34.3 Å². The maximum absolute atomic E-state index is 5.75. The average molecular weight is 279 g/mol.